The number of aliphatic imine (C=N–C) groups is 1. The zero-order valence-electron chi connectivity index (χ0n) is 16.6. The minimum atomic E-state index is -0.174. The molecule has 154 valence electrons. The number of hydrogen-bond donors (Lipinski definition) is 2. The highest BCUT2D eigenvalue weighted by Gasteiger charge is 2.17. The minimum Gasteiger partial charge on any atom is -0.379 e. The predicted octanol–water partition coefficient (Wildman–Crippen LogP) is 2.36. The molecule has 1 heterocycles. The maximum absolute atomic E-state index is 13.9. The van der Waals surface area contributed by atoms with Crippen LogP contribution in [0.25, 0.3) is 0 Å². The molecule has 6 nitrogen and oxygen atoms in total. The van der Waals surface area contributed by atoms with E-state index in [1.165, 1.54) is 6.07 Å². The number of nitrogens with one attached hydrogen (secondary N) is 2. The lowest BCUT2D eigenvalue weighted by atomic mass is 10.1. The van der Waals surface area contributed by atoms with Gasteiger partial charge in [0.2, 0.25) is 0 Å². The summed E-state index contributed by atoms with van der Waals surface area (Å²) >= 11 is 0. The van der Waals surface area contributed by atoms with Crippen LogP contribution in [-0.4, -0.2) is 64.0 Å². The molecule has 1 aliphatic rings. The Hall–Kier alpha value is -0.970. The van der Waals surface area contributed by atoms with E-state index in [1.54, 1.807) is 13.1 Å². The van der Waals surface area contributed by atoms with Crippen LogP contribution in [0.2, 0.25) is 0 Å². The molecule has 2 atom stereocenters. The highest BCUT2D eigenvalue weighted by Crippen LogP contribution is 2.12. The van der Waals surface area contributed by atoms with Crippen molar-refractivity contribution in [1.82, 2.24) is 15.5 Å². The Morgan fingerprint density at radius 3 is 2.85 bits per heavy atom. The van der Waals surface area contributed by atoms with Crippen molar-refractivity contribution in [3.8, 4) is 0 Å². The summed E-state index contributed by atoms with van der Waals surface area (Å²) in [6, 6.07) is 5.33. The fourth-order valence-corrected chi connectivity index (χ4v) is 2.78. The summed E-state index contributed by atoms with van der Waals surface area (Å²) in [6.45, 7) is 5.26. The van der Waals surface area contributed by atoms with Gasteiger partial charge < -0.3 is 25.0 Å². The molecule has 1 fully saturated rings. The van der Waals surface area contributed by atoms with Gasteiger partial charge in [0.1, 0.15) is 5.82 Å². The van der Waals surface area contributed by atoms with Crippen molar-refractivity contribution >= 4 is 29.9 Å². The van der Waals surface area contributed by atoms with E-state index < -0.39 is 0 Å². The standard InChI is InChI=1S/C19H31FN4O2.HI/c1-14(12-26-17-7-8-25-13-17)23-19(21-2)22-10-15-5-6-18(20)16(9-15)11-24(3)4;/h5-6,9,14,17H,7-8,10-13H2,1-4H3,(H2,21,22,23);1H. The highest BCUT2D eigenvalue weighted by molar-refractivity contribution is 14.0. The maximum Gasteiger partial charge on any atom is 0.191 e. The van der Waals surface area contributed by atoms with Crippen LogP contribution in [0, 0.1) is 5.82 Å². The van der Waals surface area contributed by atoms with Gasteiger partial charge in [0.25, 0.3) is 0 Å². The smallest absolute Gasteiger partial charge is 0.191 e. The third kappa shape index (κ3) is 8.71. The number of hydrogen-bond acceptors (Lipinski definition) is 4. The van der Waals surface area contributed by atoms with E-state index in [0.29, 0.717) is 37.8 Å². The van der Waals surface area contributed by atoms with Crippen LogP contribution in [-0.2, 0) is 22.6 Å². The lowest BCUT2D eigenvalue weighted by molar-refractivity contribution is 0.0347. The molecule has 0 spiro atoms. The van der Waals surface area contributed by atoms with E-state index >= 15 is 0 Å². The highest BCUT2D eigenvalue weighted by atomic mass is 127. The van der Waals surface area contributed by atoms with E-state index in [2.05, 4.69) is 22.5 Å². The van der Waals surface area contributed by atoms with Crippen molar-refractivity contribution in [2.24, 2.45) is 4.99 Å². The molecule has 0 aromatic heterocycles. The topological polar surface area (TPSA) is 58.1 Å². The van der Waals surface area contributed by atoms with E-state index in [4.69, 9.17) is 9.47 Å². The van der Waals surface area contributed by atoms with Crippen LogP contribution in [0.15, 0.2) is 23.2 Å². The van der Waals surface area contributed by atoms with Gasteiger partial charge in [-0.15, -0.1) is 24.0 Å². The van der Waals surface area contributed by atoms with Crippen LogP contribution in [0.3, 0.4) is 0 Å². The average molecular weight is 494 g/mol. The summed E-state index contributed by atoms with van der Waals surface area (Å²) in [5.41, 5.74) is 1.70. The van der Waals surface area contributed by atoms with Gasteiger partial charge >= 0.3 is 0 Å². The first-order valence-electron chi connectivity index (χ1n) is 9.06. The zero-order chi connectivity index (χ0) is 18.9. The third-order valence-electron chi connectivity index (χ3n) is 4.13. The second-order valence-electron chi connectivity index (χ2n) is 6.95. The summed E-state index contributed by atoms with van der Waals surface area (Å²) < 4.78 is 25.0. The normalized spacial score (nSPS) is 18.3. The van der Waals surface area contributed by atoms with Crippen LogP contribution in [0.4, 0.5) is 4.39 Å². The quantitative estimate of drug-likeness (QED) is 0.330. The lowest BCUT2D eigenvalue weighted by Gasteiger charge is -2.20. The Balaban J connectivity index is 0.00000364. The number of guanidine groups is 1. The van der Waals surface area contributed by atoms with Crippen LogP contribution in [0.5, 0.6) is 0 Å². The molecular formula is C19H32FIN4O2. The van der Waals surface area contributed by atoms with Gasteiger partial charge in [0.05, 0.1) is 19.3 Å². The number of halogens is 2. The molecule has 8 heteroatoms. The van der Waals surface area contributed by atoms with Crippen molar-refractivity contribution in [3.05, 3.63) is 35.1 Å². The SMILES string of the molecule is CN=C(NCc1ccc(F)c(CN(C)C)c1)NC(C)COC1CCOC1.I. The molecule has 1 aromatic carbocycles. The maximum atomic E-state index is 13.9. The van der Waals surface area contributed by atoms with Gasteiger partial charge in [-0.1, -0.05) is 6.07 Å². The van der Waals surface area contributed by atoms with E-state index in [1.807, 2.05) is 25.1 Å². The average Bonchev–Trinajstić information content (AvgIpc) is 3.12. The Morgan fingerprint density at radius 1 is 1.44 bits per heavy atom. The Kier molecular flexibility index (Phi) is 11.1. The number of nitrogens with zero attached hydrogens (tertiary/aromatic N) is 2. The number of ether oxygens (including phenoxy) is 2. The molecule has 1 aliphatic heterocycles. The van der Waals surface area contributed by atoms with Crippen molar-refractivity contribution in [2.75, 3.05) is 41.0 Å². The van der Waals surface area contributed by atoms with Gasteiger partial charge in [-0.05, 0) is 45.1 Å². The molecular weight excluding hydrogens is 462 g/mol. The van der Waals surface area contributed by atoms with Crippen LogP contribution < -0.4 is 10.6 Å². The van der Waals surface area contributed by atoms with E-state index in [0.717, 1.165) is 18.6 Å². The summed E-state index contributed by atoms with van der Waals surface area (Å²) in [4.78, 5) is 6.19. The second-order valence-corrected chi connectivity index (χ2v) is 6.95. The monoisotopic (exact) mass is 494 g/mol. The van der Waals surface area contributed by atoms with E-state index in [9.17, 15) is 4.39 Å². The Labute approximate surface area is 178 Å². The minimum absolute atomic E-state index is 0. The third-order valence-corrected chi connectivity index (χ3v) is 4.13. The summed E-state index contributed by atoms with van der Waals surface area (Å²) in [6.07, 6.45) is 1.16. The molecule has 2 unspecified atom stereocenters. The first-order valence-corrected chi connectivity index (χ1v) is 9.06. The predicted molar refractivity (Wildman–Crippen MR) is 117 cm³/mol. The largest absolute Gasteiger partial charge is 0.379 e. The van der Waals surface area contributed by atoms with Gasteiger partial charge in [-0.25, -0.2) is 4.39 Å². The van der Waals surface area contributed by atoms with Crippen LogP contribution in [0.1, 0.15) is 24.5 Å². The molecule has 1 aromatic rings. The molecule has 2 N–H and O–H groups in total. The molecule has 0 bridgehead atoms. The number of benzene rings is 1. The van der Waals surface area contributed by atoms with Gasteiger partial charge in [0.15, 0.2) is 5.96 Å². The lowest BCUT2D eigenvalue weighted by Crippen LogP contribution is -2.44. The van der Waals surface area contributed by atoms with Gasteiger partial charge in [-0.3, -0.25) is 4.99 Å². The van der Waals surface area contributed by atoms with Crippen LogP contribution >= 0.6 is 24.0 Å². The van der Waals surface area contributed by atoms with Crippen molar-refractivity contribution in [1.29, 1.82) is 0 Å². The molecule has 2 rings (SSSR count). The van der Waals surface area contributed by atoms with Gasteiger partial charge in [0, 0.05) is 38.3 Å². The fourth-order valence-electron chi connectivity index (χ4n) is 2.78. The first-order chi connectivity index (χ1) is 12.5. The Morgan fingerprint density at radius 2 is 2.22 bits per heavy atom. The molecule has 0 radical (unpaired) electrons. The molecule has 27 heavy (non-hydrogen) atoms. The van der Waals surface area contributed by atoms with Crippen molar-refractivity contribution < 1.29 is 13.9 Å². The van der Waals surface area contributed by atoms with Gasteiger partial charge in [-0.2, -0.15) is 0 Å². The molecule has 0 saturated carbocycles. The number of rotatable bonds is 8. The zero-order valence-corrected chi connectivity index (χ0v) is 19.0. The van der Waals surface area contributed by atoms with Crippen molar-refractivity contribution in [2.45, 2.75) is 38.6 Å². The Bertz CT molecular complexity index is 595. The molecule has 0 amide bonds. The molecule has 1 saturated heterocycles. The second kappa shape index (κ2) is 12.5. The fraction of sp³-hybridized carbons (Fsp3) is 0.632. The summed E-state index contributed by atoms with van der Waals surface area (Å²) in [7, 11) is 5.59. The summed E-state index contributed by atoms with van der Waals surface area (Å²) in [5, 5.41) is 6.58. The summed E-state index contributed by atoms with van der Waals surface area (Å²) in [5.74, 6) is 0.522. The molecule has 0 aliphatic carbocycles. The first kappa shape index (κ1) is 24.1. The van der Waals surface area contributed by atoms with Crippen molar-refractivity contribution in [3.63, 3.8) is 0 Å². The van der Waals surface area contributed by atoms with E-state index in [-0.39, 0.29) is 41.9 Å².